The molecule has 0 saturated carbocycles. The van der Waals surface area contributed by atoms with Crippen molar-refractivity contribution < 1.29 is 17.6 Å². The summed E-state index contributed by atoms with van der Waals surface area (Å²) in [6, 6.07) is 4.53. The molecule has 0 unspecified atom stereocenters. The average Bonchev–Trinajstić information content (AvgIpc) is 2.47. The fraction of sp³-hybridized carbons (Fsp3) is 0.500. The van der Waals surface area contributed by atoms with E-state index in [0.717, 1.165) is 16.4 Å². The van der Waals surface area contributed by atoms with Gasteiger partial charge < -0.3 is 11.1 Å². The Morgan fingerprint density at radius 3 is 2.50 bits per heavy atom. The van der Waals surface area contributed by atoms with Crippen LogP contribution in [-0.4, -0.2) is 44.8 Å². The quantitative estimate of drug-likeness (QED) is 0.733. The molecule has 6 nitrogen and oxygen atoms in total. The number of amides is 1. The zero-order valence-corrected chi connectivity index (χ0v) is 13.6. The Kier molecular flexibility index (Phi) is 6.92. The lowest BCUT2D eigenvalue weighted by atomic mass is 10.2. The van der Waals surface area contributed by atoms with Gasteiger partial charge in [-0.25, -0.2) is 17.1 Å². The zero-order chi connectivity index (χ0) is 16.8. The lowest BCUT2D eigenvalue weighted by Crippen LogP contribution is -2.38. The molecule has 1 aromatic carbocycles. The highest BCUT2D eigenvalue weighted by atomic mass is 32.2. The van der Waals surface area contributed by atoms with Gasteiger partial charge in [0.25, 0.3) is 0 Å². The van der Waals surface area contributed by atoms with Crippen LogP contribution >= 0.6 is 0 Å². The van der Waals surface area contributed by atoms with Crippen molar-refractivity contribution in [1.29, 1.82) is 0 Å². The first-order chi connectivity index (χ1) is 10.3. The number of sulfonamides is 1. The number of hydrogen-bond acceptors (Lipinski definition) is 4. The number of halogens is 1. The molecule has 8 heteroatoms. The van der Waals surface area contributed by atoms with E-state index in [2.05, 4.69) is 5.32 Å². The van der Waals surface area contributed by atoms with Crippen LogP contribution in [0.4, 0.5) is 4.39 Å². The van der Waals surface area contributed by atoms with Crippen molar-refractivity contribution >= 4 is 15.9 Å². The first-order valence-electron chi connectivity index (χ1n) is 6.98. The lowest BCUT2D eigenvalue weighted by molar-refractivity contribution is -0.121. The maximum atomic E-state index is 12.8. The number of nitrogens with one attached hydrogen (secondary N) is 1. The summed E-state index contributed by atoms with van der Waals surface area (Å²) < 4.78 is 38.5. The average molecular weight is 331 g/mol. The van der Waals surface area contributed by atoms with Gasteiger partial charge in [-0.15, -0.1) is 0 Å². The molecule has 124 valence electrons. The third kappa shape index (κ3) is 5.36. The number of carbonyl (C=O) groups is 1. The number of nitrogens with two attached hydrogens (primary N) is 1. The molecule has 1 atom stereocenters. The molecule has 0 aliphatic heterocycles. The largest absolute Gasteiger partial charge is 0.352 e. The van der Waals surface area contributed by atoms with E-state index in [9.17, 15) is 17.6 Å². The molecule has 0 saturated heterocycles. The van der Waals surface area contributed by atoms with Crippen LogP contribution in [0.1, 0.15) is 19.8 Å². The highest BCUT2D eigenvalue weighted by Gasteiger charge is 2.20. The van der Waals surface area contributed by atoms with E-state index in [4.69, 9.17) is 5.73 Å². The van der Waals surface area contributed by atoms with E-state index in [1.807, 2.05) is 0 Å². The molecule has 0 aliphatic carbocycles. The number of hydrogen-bond donors (Lipinski definition) is 2. The smallest absolute Gasteiger partial charge is 0.242 e. The minimum atomic E-state index is -3.67. The summed E-state index contributed by atoms with van der Waals surface area (Å²) in [6.07, 6.45) is 0.605. The Hall–Kier alpha value is -1.51. The first kappa shape index (κ1) is 18.5. The summed E-state index contributed by atoms with van der Waals surface area (Å²) >= 11 is 0. The van der Waals surface area contributed by atoms with Crippen molar-refractivity contribution in [2.75, 3.05) is 20.1 Å². The van der Waals surface area contributed by atoms with Gasteiger partial charge in [0.05, 0.1) is 4.90 Å². The highest BCUT2D eigenvalue weighted by molar-refractivity contribution is 7.89. The van der Waals surface area contributed by atoms with Gasteiger partial charge in [-0.3, -0.25) is 4.79 Å². The van der Waals surface area contributed by atoms with E-state index in [1.54, 1.807) is 6.92 Å². The van der Waals surface area contributed by atoms with Crippen molar-refractivity contribution in [1.82, 2.24) is 9.62 Å². The molecule has 0 bridgehead atoms. The van der Waals surface area contributed by atoms with Crippen molar-refractivity contribution in [3.8, 4) is 0 Å². The van der Waals surface area contributed by atoms with Crippen LogP contribution in [0, 0.1) is 5.82 Å². The van der Waals surface area contributed by atoms with Gasteiger partial charge in [-0.2, -0.15) is 0 Å². The molecule has 0 fully saturated rings. The van der Waals surface area contributed by atoms with Crippen molar-refractivity contribution in [2.24, 2.45) is 5.73 Å². The summed E-state index contributed by atoms with van der Waals surface area (Å²) in [6.45, 7) is 2.34. The van der Waals surface area contributed by atoms with Crippen molar-refractivity contribution in [3.63, 3.8) is 0 Å². The molecule has 3 N–H and O–H groups in total. The van der Waals surface area contributed by atoms with E-state index in [0.29, 0.717) is 13.0 Å². The first-order valence-corrected chi connectivity index (χ1v) is 8.42. The number of benzene rings is 1. The van der Waals surface area contributed by atoms with Crippen LogP contribution in [0.5, 0.6) is 0 Å². The molecule has 1 aromatic rings. The second kappa shape index (κ2) is 8.21. The molecule has 1 rings (SSSR count). The molecule has 0 spiro atoms. The van der Waals surface area contributed by atoms with Crippen LogP contribution in [0.3, 0.4) is 0 Å². The second-order valence-corrected chi connectivity index (χ2v) is 7.13. The second-order valence-electron chi connectivity index (χ2n) is 5.09. The number of rotatable bonds is 8. The molecular formula is C14H22FN3O3S. The Balaban J connectivity index is 2.52. The Morgan fingerprint density at radius 2 is 1.95 bits per heavy atom. The molecular weight excluding hydrogens is 309 g/mol. The van der Waals surface area contributed by atoms with Gasteiger partial charge in [0.15, 0.2) is 0 Å². The highest BCUT2D eigenvalue weighted by Crippen LogP contribution is 2.15. The number of nitrogens with zero attached hydrogens (tertiary/aromatic N) is 1. The summed E-state index contributed by atoms with van der Waals surface area (Å²) in [7, 11) is -2.24. The maximum Gasteiger partial charge on any atom is 0.242 e. The lowest BCUT2D eigenvalue weighted by Gasteiger charge is -2.17. The van der Waals surface area contributed by atoms with Crippen molar-refractivity contribution in [3.05, 3.63) is 30.1 Å². The van der Waals surface area contributed by atoms with Gasteiger partial charge in [0.2, 0.25) is 15.9 Å². The van der Waals surface area contributed by atoms with E-state index >= 15 is 0 Å². The van der Waals surface area contributed by atoms with Crippen LogP contribution in [-0.2, 0) is 14.8 Å². The van der Waals surface area contributed by atoms with E-state index in [-0.39, 0.29) is 29.8 Å². The molecule has 22 heavy (non-hydrogen) atoms. The van der Waals surface area contributed by atoms with Gasteiger partial charge in [-0.1, -0.05) is 0 Å². The summed E-state index contributed by atoms with van der Waals surface area (Å²) in [4.78, 5) is 11.6. The van der Waals surface area contributed by atoms with E-state index < -0.39 is 15.8 Å². The molecule has 1 amide bonds. The predicted octanol–water partition coefficient (Wildman–Crippen LogP) is 0.690. The van der Waals surface area contributed by atoms with Crippen molar-refractivity contribution in [2.45, 2.75) is 30.7 Å². The number of carbonyl (C=O) groups excluding carboxylic acids is 1. The standard InChI is InChI=1S/C14H22FN3O3S/c1-11(10-16)17-14(19)4-3-9-18(2)22(20,21)13-7-5-12(15)6-8-13/h5-8,11H,3-4,9-10,16H2,1-2H3,(H,17,19)/t11-/m0/s1. The SMILES string of the molecule is C[C@@H](CN)NC(=O)CCCN(C)S(=O)(=O)c1ccc(F)cc1. The van der Waals surface area contributed by atoms with Crippen LogP contribution in [0.25, 0.3) is 0 Å². The minimum absolute atomic E-state index is 0.0256. The monoisotopic (exact) mass is 331 g/mol. The zero-order valence-electron chi connectivity index (χ0n) is 12.8. The van der Waals surface area contributed by atoms with Gasteiger partial charge in [-0.05, 0) is 37.6 Å². The maximum absolute atomic E-state index is 12.8. The topological polar surface area (TPSA) is 92.5 Å². The van der Waals surface area contributed by atoms with Crippen LogP contribution in [0.2, 0.25) is 0 Å². The Labute approximate surface area is 130 Å². The molecule has 0 aliphatic rings. The normalized spacial score (nSPS) is 13.1. The van der Waals surface area contributed by atoms with Gasteiger partial charge in [0.1, 0.15) is 5.82 Å². The molecule has 0 aromatic heterocycles. The Bertz CT molecular complexity index is 590. The summed E-state index contributed by atoms with van der Waals surface area (Å²) in [5, 5.41) is 2.71. The molecule has 0 heterocycles. The fourth-order valence-electron chi connectivity index (χ4n) is 1.77. The fourth-order valence-corrected chi connectivity index (χ4v) is 2.98. The third-order valence-electron chi connectivity index (χ3n) is 3.16. The summed E-state index contributed by atoms with van der Waals surface area (Å²) in [5.41, 5.74) is 5.40. The minimum Gasteiger partial charge on any atom is -0.352 e. The molecule has 0 radical (unpaired) electrons. The summed E-state index contributed by atoms with van der Waals surface area (Å²) in [5.74, 6) is -0.655. The van der Waals surface area contributed by atoms with Gasteiger partial charge in [0, 0.05) is 32.6 Å². The van der Waals surface area contributed by atoms with E-state index in [1.165, 1.54) is 19.2 Å². The van der Waals surface area contributed by atoms with Gasteiger partial charge >= 0.3 is 0 Å². The van der Waals surface area contributed by atoms with Crippen LogP contribution < -0.4 is 11.1 Å². The Morgan fingerprint density at radius 1 is 1.36 bits per heavy atom. The third-order valence-corrected chi connectivity index (χ3v) is 5.03. The van der Waals surface area contributed by atoms with Crippen LogP contribution in [0.15, 0.2) is 29.2 Å². The predicted molar refractivity (Wildman–Crippen MR) is 82.1 cm³/mol.